The van der Waals surface area contributed by atoms with Crippen LogP contribution in [-0.2, 0) is 6.54 Å². The first kappa shape index (κ1) is 10.2. The molecule has 0 unspecified atom stereocenters. The molecule has 0 fully saturated rings. The number of para-hydroxylation sites is 1. The van der Waals surface area contributed by atoms with Crippen LogP contribution < -0.4 is 9.47 Å². The quantitative estimate of drug-likeness (QED) is 0.419. The topological polar surface area (TPSA) is 67.2 Å². The number of methoxy groups -OCH3 is 2. The average Bonchev–Trinajstić information content (AvgIpc) is 2.25. The Morgan fingerprint density at radius 2 is 2.14 bits per heavy atom. The lowest BCUT2D eigenvalue weighted by molar-refractivity contribution is 0.352. The van der Waals surface area contributed by atoms with Crippen molar-refractivity contribution >= 4 is 0 Å². The van der Waals surface area contributed by atoms with Crippen LogP contribution in [-0.4, -0.2) is 14.2 Å². The second-order valence-corrected chi connectivity index (χ2v) is 2.54. The van der Waals surface area contributed by atoms with Gasteiger partial charge in [-0.05, 0) is 11.6 Å². The molecule has 0 aliphatic rings. The molecule has 74 valence electrons. The summed E-state index contributed by atoms with van der Waals surface area (Å²) in [6.07, 6.45) is 0. The van der Waals surface area contributed by atoms with Crippen molar-refractivity contribution in [2.45, 2.75) is 6.54 Å². The minimum absolute atomic E-state index is 0.261. The first-order valence-corrected chi connectivity index (χ1v) is 4.04. The Bertz CT molecular complexity index is 359. The summed E-state index contributed by atoms with van der Waals surface area (Å²) < 4.78 is 10.3. The minimum atomic E-state index is 0.261. The van der Waals surface area contributed by atoms with E-state index in [0.717, 1.165) is 5.56 Å². The van der Waals surface area contributed by atoms with Crippen LogP contribution >= 0.6 is 0 Å². The Labute approximate surface area is 81.9 Å². The lowest BCUT2D eigenvalue weighted by atomic mass is 10.2. The van der Waals surface area contributed by atoms with E-state index >= 15 is 0 Å². The van der Waals surface area contributed by atoms with Gasteiger partial charge in [0.05, 0.1) is 20.8 Å². The van der Waals surface area contributed by atoms with Gasteiger partial charge < -0.3 is 9.47 Å². The predicted molar refractivity (Wildman–Crippen MR) is 52.4 cm³/mol. The Kier molecular flexibility index (Phi) is 3.64. The van der Waals surface area contributed by atoms with Crippen molar-refractivity contribution < 1.29 is 9.47 Å². The number of hydrogen-bond donors (Lipinski definition) is 0. The second-order valence-electron chi connectivity index (χ2n) is 2.54. The fraction of sp³-hybridized carbons (Fsp3) is 0.333. The normalized spacial score (nSPS) is 9.00. The van der Waals surface area contributed by atoms with Gasteiger partial charge in [-0.3, -0.25) is 0 Å². The maximum atomic E-state index is 8.20. The zero-order valence-corrected chi connectivity index (χ0v) is 8.10. The van der Waals surface area contributed by atoms with Gasteiger partial charge in [0.1, 0.15) is 0 Å². The fourth-order valence-corrected chi connectivity index (χ4v) is 1.19. The average molecular weight is 193 g/mol. The maximum Gasteiger partial charge on any atom is 0.164 e. The number of nitrogens with zero attached hydrogens (tertiary/aromatic N) is 3. The lowest BCUT2D eigenvalue weighted by Crippen LogP contribution is -1.94. The summed E-state index contributed by atoms with van der Waals surface area (Å²) in [5.41, 5.74) is 9.01. The van der Waals surface area contributed by atoms with Crippen molar-refractivity contribution in [3.63, 3.8) is 0 Å². The Morgan fingerprint density at radius 1 is 1.36 bits per heavy atom. The molecule has 0 saturated carbocycles. The molecule has 0 atom stereocenters. The van der Waals surface area contributed by atoms with E-state index in [-0.39, 0.29) is 6.54 Å². The van der Waals surface area contributed by atoms with Crippen LogP contribution in [0.4, 0.5) is 0 Å². The van der Waals surface area contributed by atoms with Gasteiger partial charge in [0, 0.05) is 10.5 Å². The minimum Gasteiger partial charge on any atom is -0.493 e. The van der Waals surface area contributed by atoms with E-state index in [1.807, 2.05) is 12.1 Å². The molecular weight excluding hydrogens is 182 g/mol. The van der Waals surface area contributed by atoms with Gasteiger partial charge in [-0.25, -0.2) is 0 Å². The molecule has 0 amide bonds. The first-order chi connectivity index (χ1) is 6.83. The summed E-state index contributed by atoms with van der Waals surface area (Å²) in [6, 6.07) is 5.44. The van der Waals surface area contributed by atoms with Crippen molar-refractivity contribution in [1.82, 2.24) is 0 Å². The van der Waals surface area contributed by atoms with E-state index in [4.69, 9.17) is 15.0 Å². The summed E-state index contributed by atoms with van der Waals surface area (Å²) in [7, 11) is 3.12. The molecule has 0 bridgehead atoms. The highest BCUT2D eigenvalue weighted by Crippen LogP contribution is 2.30. The highest BCUT2D eigenvalue weighted by Gasteiger charge is 2.07. The van der Waals surface area contributed by atoms with Crippen molar-refractivity contribution in [1.29, 1.82) is 0 Å². The largest absolute Gasteiger partial charge is 0.493 e. The van der Waals surface area contributed by atoms with Crippen LogP contribution in [0.15, 0.2) is 23.3 Å². The smallest absolute Gasteiger partial charge is 0.164 e. The van der Waals surface area contributed by atoms with Gasteiger partial charge in [-0.15, -0.1) is 0 Å². The molecule has 0 heterocycles. The lowest BCUT2D eigenvalue weighted by Gasteiger charge is -2.10. The van der Waals surface area contributed by atoms with Gasteiger partial charge in [0.2, 0.25) is 0 Å². The number of rotatable bonds is 4. The van der Waals surface area contributed by atoms with E-state index in [1.54, 1.807) is 20.3 Å². The molecule has 1 aromatic rings. The van der Waals surface area contributed by atoms with Crippen LogP contribution in [0.1, 0.15) is 5.56 Å². The standard InChI is InChI=1S/C9H11N3O2/c1-13-8-5-3-4-7(6-11-12-10)9(8)14-2/h3-5H,6H2,1-2H3. The molecule has 14 heavy (non-hydrogen) atoms. The molecule has 0 saturated heterocycles. The number of benzene rings is 1. The third-order valence-corrected chi connectivity index (χ3v) is 1.79. The molecule has 5 nitrogen and oxygen atoms in total. The fourth-order valence-electron chi connectivity index (χ4n) is 1.19. The molecule has 5 heteroatoms. The zero-order valence-electron chi connectivity index (χ0n) is 8.10. The van der Waals surface area contributed by atoms with Gasteiger partial charge in [0.15, 0.2) is 11.5 Å². The summed E-state index contributed by atoms with van der Waals surface area (Å²) >= 11 is 0. The highest BCUT2D eigenvalue weighted by atomic mass is 16.5. The third-order valence-electron chi connectivity index (χ3n) is 1.79. The molecule has 0 aromatic heterocycles. The summed E-state index contributed by atoms with van der Waals surface area (Å²) in [5.74, 6) is 1.25. The highest BCUT2D eigenvalue weighted by molar-refractivity contribution is 5.46. The molecule has 0 N–H and O–H groups in total. The number of ether oxygens (including phenoxy) is 2. The molecule has 1 rings (SSSR count). The summed E-state index contributed by atoms with van der Waals surface area (Å²) in [6.45, 7) is 0.261. The van der Waals surface area contributed by atoms with Crippen molar-refractivity contribution in [2.75, 3.05) is 14.2 Å². The molecule has 0 radical (unpaired) electrons. The van der Waals surface area contributed by atoms with Crippen LogP contribution in [0.5, 0.6) is 11.5 Å². The number of hydrogen-bond acceptors (Lipinski definition) is 3. The Morgan fingerprint density at radius 3 is 2.71 bits per heavy atom. The predicted octanol–water partition coefficient (Wildman–Crippen LogP) is 2.51. The van der Waals surface area contributed by atoms with Gasteiger partial charge in [0.25, 0.3) is 0 Å². The van der Waals surface area contributed by atoms with Gasteiger partial charge in [-0.1, -0.05) is 17.2 Å². The molecule has 1 aromatic carbocycles. The van der Waals surface area contributed by atoms with Crippen molar-refractivity contribution in [3.05, 3.63) is 34.2 Å². The van der Waals surface area contributed by atoms with Crippen LogP contribution in [0.3, 0.4) is 0 Å². The summed E-state index contributed by atoms with van der Waals surface area (Å²) in [4.78, 5) is 2.69. The Balaban J connectivity index is 3.07. The molecule has 0 spiro atoms. The summed E-state index contributed by atoms with van der Waals surface area (Å²) in [5, 5.41) is 3.47. The molecular formula is C9H11N3O2. The number of azide groups is 1. The van der Waals surface area contributed by atoms with E-state index in [0.29, 0.717) is 11.5 Å². The zero-order chi connectivity index (χ0) is 10.4. The van der Waals surface area contributed by atoms with Crippen LogP contribution in [0, 0.1) is 0 Å². The van der Waals surface area contributed by atoms with Crippen LogP contribution in [0.25, 0.3) is 10.4 Å². The third kappa shape index (κ3) is 2.08. The van der Waals surface area contributed by atoms with E-state index in [9.17, 15) is 0 Å². The van der Waals surface area contributed by atoms with E-state index in [1.165, 1.54) is 0 Å². The monoisotopic (exact) mass is 193 g/mol. The van der Waals surface area contributed by atoms with E-state index < -0.39 is 0 Å². The Hall–Kier alpha value is -1.87. The van der Waals surface area contributed by atoms with Crippen molar-refractivity contribution in [2.24, 2.45) is 5.11 Å². The van der Waals surface area contributed by atoms with E-state index in [2.05, 4.69) is 10.0 Å². The van der Waals surface area contributed by atoms with Crippen molar-refractivity contribution in [3.8, 4) is 11.5 Å². The first-order valence-electron chi connectivity index (χ1n) is 4.04. The van der Waals surface area contributed by atoms with Gasteiger partial charge in [-0.2, -0.15) is 0 Å². The maximum absolute atomic E-state index is 8.20. The molecule has 0 aliphatic heterocycles. The van der Waals surface area contributed by atoms with Crippen LogP contribution in [0.2, 0.25) is 0 Å². The van der Waals surface area contributed by atoms with Gasteiger partial charge >= 0.3 is 0 Å². The second kappa shape index (κ2) is 4.99. The SMILES string of the molecule is COc1cccc(CN=[N+]=[N-])c1OC. The molecule has 0 aliphatic carbocycles.